The Kier molecular flexibility index (Phi) is 3.95. The van der Waals surface area contributed by atoms with Crippen LogP contribution in [0, 0.1) is 10.1 Å². The van der Waals surface area contributed by atoms with E-state index in [1.54, 1.807) is 24.3 Å². The van der Waals surface area contributed by atoms with Crippen molar-refractivity contribution < 1.29 is 14.8 Å². The van der Waals surface area contributed by atoms with Crippen LogP contribution in [0.25, 0.3) is 0 Å². The second-order valence-corrected chi connectivity index (χ2v) is 4.16. The first-order chi connectivity index (χ1) is 9.56. The minimum atomic E-state index is -0.982. The Morgan fingerprint density at radius 2 is 1.90 bits per heavy atom. The average Bonchev–Trinajstić information content (AvgIpc) is 2.46. The van der Waals surface area contributed by atoms with Gasteiger partial charge in [0.1, 0.15) is 0 Å². The summed E-state index contributed by atoms with van der Waals surface area (Å²) in [6.45, 7) is 0.459. The third-order valence-corrected chi connectivity index (χ3v) is 2.75. The molecule has 2 rings (SSSR count). The van der Waals surface area contributed by atoms with Crippen molar-refractivity contribution in [2.45, 2.75) is 6.54 Å². The average molecular weight is 272 g/mol. The highest BCUT2D eigenvalue weighted by Gasteiger charge is 2.05. The van der Waals surface area contributed by atoms with Gasteiger partial charge in [-0.05, 0) is 23.8 Å². The fourth-order valence-electron chi connectivity index (χ4n) is 1.70. The van der Waals surface area contributed by atoms with Crippen LogP contribution in [0.1, 0.15) is 15.9 Å². The van der Waals surface area contributed by atoms with Crippen LogP contribution in [-0.4, -0.2) is 16.0 Å². The number of non-ortho nitro benzene ring substituents is 1. The van der Waals surface area contributed by atoms with Crippen LogP contribution in [0.3, 0.4) is 0 Å². The minimum absolute atomic E-state index is 0.0432. The van der Waals surface area contributed by atoms with Crippen molar-refractivity contribution >= 4 is 17.3 Å². The third-order valence-electron chi connectivity index (χ3n) is 2.75. The zero-order chi connectivity index (χ0) is 14.5. The summed E-state index contributed by atoms with van der Waals surface area (Å²) in [4.78, 5) is 20.9. The summed E-state index contributed by atoms with van der Waals surface area (Å²) in [5.74, 6) is -0.982. The fourth-order valence-corrected chi connectivity index (χ4v) is 1.70. The molecule has 0 radical (unpaired) electrons. The second kappa shape index (κ2) is 5.83. The van der Waals surface area contributed by atoms with E-state index in [4.69, 9.17) is 5.11 Å². The minimum Gasteiger partial charge on any atom is -0.478 e. The SMILES string of the molecule is O=C(O)c1cccc(NCc2ccc([N+](=O)[O-])cc2)c1. The summed E-state index contributed by atoms with van der Waals surface area (Å²) in [5.41, 5.74) is 1.81. The van der Waals surface area contributed by atoms with Gasteiger partial charge in [0.25, 0.3) is 5.69 Å². The molecule has 20 heavy (non-hydrogen) atoms. The number of hydrogen-bond acceptors (Lipinski definition) is 4. The van der Waals surface area contributed by atoms with Crippen LogP contribution in [0.5, 0.6) is 0 Å². The molecule has 6 heteroatoms. The lowest BCUT2D eigenvalue weighted by molar-refractivity contribution is -0.384. The van der Waals surface area contributed by atoms with Gasteiger partial charge in [0.15, 0.2) is 0 Å². The van der Waals surface area contributed by atoms with Crippen LogP contribution in [0.2, 0.25) is 0 Å². The quantitative estimate of drug-likeness (QED) is 0.644. The van der Waals surface area contributed by atoms with Crippen molar-refractivity contribution in [3.8, 4) is 0 Å². The van der Waals surface area contributed by atoms with Gasteiger partial charge in [-0.15, -0.1) is 0 Å². The maximum absolute atomic E-state index is 10.8. The van der Waals surface area contributed by atoms with Crippen LogP contribution in [0.4, 0.5) is 11.4 Å². The van der Waals surface area contributed by atoms with E-state index in [2.05, 4.69) is 5.32 Å². The first-order valence-electron chi connectivity index (χ1n) is 5.87. The summed E-state index contributed by atoms with van der Waals surface area (Å²) >= 11 is 0. The molecule has 6 nitrogen and oxygen atoms in total. The summed E-state index contributed by atoms with van der Waals surface area (Å²) < 4.78 is 0. The normalized spacial score (nSPS) is 10.0. The molecule has 0 fully saturated rings. The molecule has 0 heterocycles. The van der Waals surface area contributed by atoms with Crippen molar-refractivity contribution in [2.24, 2.45) is 0 Å². The molecule has 0 bridgehead atoms. The van der Waals surface area contributed by atoms with Crippen molar-refractivity contribution in [2.75, 3.05) is 5.32 Å². The predicted octanol–water partition coefficient (Wildman–Crippen LogP) is 2.91. The summed E-state index contributed by atoms with van der Waals surface area (Å²) in [7, 11) is 0. The largest absolute Gasteiger partial charge is 0.478 e. The van der Waals surface area contributed by atoms with E-state index in [1.807, 2.05) is 0 Å². The number of anilines is 1. The predicted molar refractivity (Wildman–Crippen MR) is 73.8 cm³/mol. The highest BCUT2D eigenvalue weighted by atomic mass is 16.6. The highest BCUT2D eigenvalue weighted by Crippen LogP contribution is 2.15. The van der Waals surface area contributed by atoms with Crippen LogP contribution >= 0.6 is 0 Å². The fraction of sp³-hybridized carbons (Fsp3) is 0.0714. The summed E-state index contributed by atoms with van der Waals surface area (Å²) in [6, 6.07) is 12.7. The Balaban J connectivity index is 2.03. The molecule has 0 amide bonds. The Labute approximate surface area is 114 Å². The molecule has 0 atom stereocenters. The van der Waals surface area contributed by atoms with Gasteiger partial charge in [-0.3, -0.25) is 10.1 Å². The second-order valence-electron chi connectivity index (χ2n) is 4.16. The summed E-state index contributed by atoms with van der Waals surface area (Å²) in [5, 5.41) is 22.5. The Bertz CT molecular complexity index is 638. The number of rotatable bonds is 5. The Morgan fingerprint density at radius 3 is 2.50 bits per heavy atom. The van der Waals surface area contributed by atoms with E-state index in [-0.39, 0.29) is 11.3 Å². The van der Waals surface area contributed by atoms with Gasteiger partial charge < -0.3 is 10.4 Å². The topological polar surface area (TPSA) is 92.5 Å². The molecule has 2 N–H and O–H groups in total. The number of hydrogen-bond donors (Lipinski definition) is 2. The first kappa shape index (κ1) is 13.5. The molecule has 0 aliphatic carbocycles. The molecular weight excluding hydrogens is 260 g/mol. The van der Waals surface area contributed by atoms with Crippen LogP contribution in [-0.2, 0) is 6.54 Å². The van der Waals surface area contributed by atoms with Gasteiger partial charge in [-0.2, -0.15) is 0 Å². The first-order valence-corrected chi connectivity index (χ1v) is 5.87. The van der Waals surface area contributed by atoms with Gasteiger partial charge in [-0.25, -0.2) is 4.79 Å². The zero-order valence-electron chi connectivity index (χ0n) is 10.4. The zero-order valence-corrected chi connectivity index (χ0v) is 10.4. The Morgan fingerprint density at radius 1 is 1.20 bits per heavy atom. The number of nitrogens with zero attached hydrogens (tertiary/aromatic N) is 1. The van der Waals surface area contributed by atoms with Crippen LogP contribution < -0.4 is 5.32 Å². The third kappa shape index (κ3) is 3.32. The Hall–Kier alpha value is -2.89. The van der Waals surface area contributed by atoms with Crippen LogP contribution in [0.15, 0.2) is 48.5 Å². The number of nitrogens with one attached hydrogen (secondary N) is 1. The maximum atomic E-state index is 10.8. The lowest BCUT2D eigenvalue weighted by Crippen LogP contribution is -2.02. The van der Waals surface area contributed by atoms with Gasteiger partial charge in [0, 0.05) is 24.4 Å². The number of nitro groups is 1. The number of nitro benzene ring substituents is 1. The van der Waals surface area contributed by atoms with E-state index in [1.165, 1.54) is 24.3 Å². The van der Waals surface area contributed by atoms with Gasteiger partial charge in [-0.1, -0.05) is 18.2 Å². The molecular formula is C14H12N2O4. The molecule has 0 aliphatic rings. The van der Waals surface area contributed by atoms with Gasteiger partial charge >= 0.3 is 5.97 Å². The van der Waals surface area contributed by atoms with E-state index < -0.39 is 10.9 Å². The van der Waals surface area contributed by atoms with E-state index in [0.29, 0.717) is 12.2 Å². The van der Waals surface area contributed by atoms with Crippen molar-refractivity contribution in [3.63, 3.8) is 0 Å². The number of carbonyl (C=O) groups is 1. The standard InChI is InChI=1S/C14H12N2O4/c17-14(18)11-2-1-3-12(8-11)15-9-10-4-6-13(7-5-10)16(19)20/h1-8,15H,9H2,(H,17,18). The van der Waals surface area contributed by atoms with Crippen molar-refractivity contribution in [3.05, 3.63) is 69.8 Å². The number of carboxylic acid groups (broad SMARTS) is 1. The maximum Gasteiger partial charge on any atom is 0.335 e. The smallest absolute Gasteiger partial charge is 0.335 e. The number of carboxylic acids is 1. The number of benzene rings is 2. The molecule has 2 aromatic rings. The van der Waals surface area contributed by atoms with Gasteiger partial charge in [0.2, 0.25) is 0 Å². The van der Waals surface area contributed by atoms with Gasteiger partial charge in [0.05, 0.1) is 10.5 Å². The lowest BCUT2D eigenvalue weighted by Gasteiger charge is -2.07. The van der Waals surface area contributed by atoms with E-state index in [0.717, 1.165) is 5.56 Å². The lowest BCUT2D eigenvalue weighted by atomic mass is 10.2. The number of aromatic carboxylic acids is 1. The molecule has 0 unspecified atom stereocenters. The van der Waals surface area contributed by atoms with E-state index >= 15 is 0 Å². The molecule has 0 saturated carbocycles. The molecule has 2 aromatic carbocycles. The molecule has 102 valence electrons. The summed E-state index contributed by atoms with van der Waals surface area (Å²) in [6.07, 6.45) is 0. The van der Waals surface area contributed by atoms with Crippen molar-refractivity contribution in [1.29, 1.82) is 0 Å². The monoisotopic (exact) mass is 272 g/mol. The van der Waals surface area contributed by atoms with Crippen molar-refractivity contribution in [1.82, 2.24) is 0 Å². The molecule has 0 spiro atoms. The molecule has 0 saturated heterocycles. The van der Waals surface area contributed by atoms with E-state index in [9.17, 15) is 14.9 Å². The molecule has 0 aromatic heterocycles. The highest BCUT2D eigenvalue weighted by molar-refractivity contribution is 5.88. The molecule has 0 aliphatic heterocycles.